The van der Waals surface area contributed by atoms with Crippen molar-refractivity contribution in [2.45, 2.75) is 25.8 Å². The van der Waals surface area contributed by atoms with Crippen LogP contribution in [0.1, 0.15) is 30.1 Å². The second-order valence-corrected chi connectivity index (χ2v) is 5.83. The van der Waals surface area contributed by atoms with E-state index in [0.29, 0.717) is 18.5 Å². The minimum atomic E-state index is 0.00915. The lowest BCUT2D eigenvalue weighted by Crippen LogP contribution is -2.47. The SMILES string of the molecule is CC1CCCNC1CNC(=O)c1ccc(N(C)C)cc1. The first-order valence-electron chi connectivity index (χ1n) is 7.37. The summed E-state index contributed by atoms with van der Waals surface area (Å²) in [5.41, 5.74) is 1.82. The molecule has 1 aliphatic heterocycles. The third-order valence-corrected chi connectivity index (χ3v) is 4.06. The first-order valence-corrected chi connectivity index (χ1v) is 7.37. The molecular weight excluding hydrogens is 250 g/mol. The average Bonchev–Trinajstić information content (AvgIpc) is 2.46. The van der Waals surface area contributed by atoms with Gasteiger partial charge in [0.2, 0.25) is 0 Å². The van der Waals surface area contributed by atoms with Crippen LogP contribution in [0.3, 0.4) is 0 Å². The fourth-order valence-corrected chi connectivity index (χ4v) is 2.60. The highest BCUT2D eigenvalue weighted by Crippen LogP contribution is 2.15. The summed E-state index contributed by atoms with van der Waals surface area (Å²) >= 11 is 0. The molecule has 0 radical (unpaired) electrons. The molecule has 1 aromatic carbocycles. The minimum absolute atomic E-state index is 0.00915. The summed E-state index contributed by atoms with van der Waals surface area (Å²) < 4.78 is 0. The number of anilines is 1. The molecule has 2 unspecified atom stereocenters. The molecule has 0 bridgehead atoms. The van der Waals surface area contributed by atoms with Crippen molar-refractivity contribution >= 4 is 11.6 Å². The van der Waals surface area contributed by atoms with Gasteiger partial charge in [-0.05, 0) is 49.6 Å². The predicted molar refractivity (Wildman–Crippen MR) is 83.3 cm³/mol. The average molecular weight is 275 g/mol. The molecule has 0 saturated carbocycles. The Bertz CT molecular complexity index is 442. The summed E-state index contributed by atoms with van der Waals surface area (Å²) in [5.74, 6) is 0.634. The molecule has 2 rings (SSSR count). The maximum atomic E-state index is 12.1. The number of carbonyl (C=O) groups is 1. The summed E-state index contributed by atoms with van der Waals surface area (Å²) in [6.07, 6.45) is 2.47. The van der Waals surface area contributed by atoms with Crippen LogP contribution in [0.4, 0.5) is 5.69 Å². The Kier molecular flexibility index (Phi) is 5.01. The first kappa shape index (κ1) is 14.9. The molecule has 20 heavy (non-hydrogen) atoms. The molecule has 1 fully saturated rings. The molecular formula is C16H25N3O. The zero-order valence-electron chi connectivity index (χ0n) is 12.6. The van der Waals surface area contributed by atoms with Crippen molar-refractivity contribution in [3.63, 3.8) is 0 Å². The van der Waals surface area contributed by atoms with Crippen LogP contribution in [0.15, 0.2) is 24.3 Å². The van der Waals surface area contributed by atoms with Crippen molar-refractivity contribution in [3.8, 4) is 0 Å². The van der Waals surface area contributed by atoms with E-state index in [4.69, 9.17) is 0 Å². The lowest BCUT2D eigenvalue weighted by atomic mass is 9.93. The van der Waals surface area contributed by atoms with Gasteiger partial charge in [0.15, 0.2) is 0 Å². The number of carbonyl (C=O) groups excluding carboxylic acids is 1. The number of rotatable bonds is 4. The van der Waals surface area contributed by atoms with Gasteiger partial charge in [-0.3, -0.25) is 4.79 Å². The van der Waals surface area contributed by atoms with E-state index in [1.165, 1.54) is 12.8 Å². The lowest BCUT2D eigenvalue weighted by Gasteiger charge is -2.30. The highest BCUT2D eigenvalue weighted by molar-refractivity contribution is 5.94. The Morgan fingerprint density at radius 2 is 2.05 bits per heavy atom. The normalized spacial score (nSPS) is 22.4. The van der Waals surface area contributed by atoms with Crippen LogP contribution in [0.5, 0.6) is 0 Å². The molecule has 0 spiro atoms. The van der Waals surface area contributed by atoms with Crippen LogP contribution in [0, 0.1) is 5.92 Å². The first-order chi connectivity index (χ1) is 9.58. The van der Waals surface area contributed by atoms with Crippen molar-refractivity contribution in [1.29, 1.82) is 0 Å². The summed E-state index contributed by atoms with van der Waals surface area (Å²) in [6.45, 7) is 4.01. The number of amides is 1. The topological polar surface area (TPSA) is 44.4 Å². The molecule has 1 saturated heterocycles. The summed E-state index contributed by atoms with van der Waals surface area (Å²) in [6, 6.07) is 8.09. The van der Waals surface area contributed by atoms with Crippen molar-refractivity contribution in [2.75, 3.05) is 32.1 Å². The fraction of sp³-hybridized carbons (Fsp3) is 0.562. The van der Waals surface area contributed by atoms with Crippen LogP contribution in [0.2, 0.25) is 0 Å². The van der Waals surface area contributed by atoms with Crippen LogP contribution >= 0.6 is 0 Å². The van der Waals surface area contributed by atoms with E-state index in [0.717, 1.165) is 17.8 Å². The lowest BCUT2D eigenvalue weighted by molar-refractivity contribution is 0.0943. The molecule has 2 N–H and O–H groups in total. The van der Waals surface area contributed by atoms with E-state index >= 15 is 0 Å². The molecule has 0 aromatic heterocycles. The predicted octanol–water partition coefficient (Wildman–Crippen LogP) is 1.87. The van der Waals surface area contributed by atoms with E-state index in [2.05, 4.69) is 17.6 Å². The van der Waals surface area contributed by atoms with Gasteiger partial charge < -0.3 is 15.5 Å². The Labute approximate surface area is 121 Å². The van der Waals surface area contributed by atoms with E-state index in [1.54, 1.807) is 0 Å². The van der Waals surface area contributed by atoms with Gasteiger partial charge in [0.05, 0.1) is 0 Å². The zero-order chi connectivity index (χ0) is 14.5. The summed E-state index contributed by atoms with van der Waals surface area (Å²) in [4.78, 5) is 14.1. The molecule has 1 heterocycles. The maximum absolute atomic E-state index is 12.1. The number of nitrogens with zero attached hydrogens (tertiary/aromatic N) is 1. The largest absolute Gasteiger partial charge is 0.378 e. The standard InChI is InChI=1S/C16H25N3O/c1-12-5-4-10-17-15(12)11-18-16(20)13-6-8-14(9-7-13)19(2)3/h6-9,12,15,17H,4-5,10-11H2,1-3H3,(H,18,20). The molecule has 0 aliphatic carbocycles. The molecule has 1 aromatic rings. The van der Waals surface area contributed by atoms with Gasteiger partial charge in [0.25, 0.3) is 5.91 Å². The zero-order valence-corrected chi connectivity index (χ0v) is 12.6. The molecule has 1 amide bonds. The van der Waals surface area contributed by atoms with Gasteiger partial charge in [-0.2, -0.15) is 0 Å². The van der Waals surface area contributed by atoms with Crippen LogP contribution in [0.25, 0.3) is 0 Å². The Morgan fingerprint density at radius 3 is 2.65 bits per heavy atom. The smallest absolute Gasteiger partial charge is 0.251 e. The molecule has 2 atom stereocenters. The third kappa shape index (κ3) is 3.73. The minimum Gasteiger partial charge on any atom is -0.378 e. The van der Waals surface area contributed by atoms with Gasteiger partial charge >= 0.3 is 0 Å². The number of benzene rings is 1. The van der Waals surface area contributed by atoms with Crippen LogP contribution < -0.4 is 15.5 Å². The van der Waals surface area contributed by atoms with Crippen molar-refractivity contribution < 1.29 is 4.79 Å². The summed E-state index contributed by atoms with van der Waals surface area (Å²) in [5, 5.41) is 6.51. The number of nitrogens with one attached hydrogen (secondary N) is 2. The van der Waals surface area contributed by atoms with Gasteiger partial charge in [0.1, 0.15) is 0 Å². The van der Waals surface area contributed by atoms with E-state index in [-0.39, 0.29) is 5.91 Å². The van der Waals surface area contributed by atoms with Crippen molar-refractivity contribution in [2.24, 2.45) is 5.92 Å². The number of hydrogen-bond acceptors (Lipinski definition) is 3. The van der Waals surface area contributed by atoms with Crippen molar-refractivity contribution in [1.82, 2.24) is 10.6 Å². The van der Waals surface area contributed by atoms with E-state index in [9.17, 15) is 4.79 Å². The Balaban J connectivity index is 1.88. The quantitative estimate of drug-likeness (QED) is 0.882. The van der Waals surface area contributed by atoms with E-state index < -0.39 is 0 Å². The fourth-order valence-electron chi connectivity index (χ4n) is 2.60. The Morgan fingerprint density at radius 1 is 1.35 bits per heavy atom. The van der Waals surface area contributed by atoms with Gasteiger partial charge in [0, 0.05) is 37.9 Å². The number of piperidine rings is 1. The highest BCUT2D eigenvalue weighted by atomic mass is 16.1. The maximum Gasteiger partial charge on any atom is 0.251 e. The van der Waals surface area contributed by atoms with Crippen LogP contribution in [-0.4, -0.2) is 39.1 Å². The Hall–Kier alpha value is -1.55. The second-order valence-electron chi connectivity index (χ2n) is 5.83. The molecule has 4 heteroatoms. The van der Waals surface area contributed by atoms with Gasteiger partial charge in [-0.25, -0.2) is 0 Å². The van der Waals surface area contributed by atoms with Crippen LogP contribution in [-0.2, 0) is 0 Å². The third-order valence-electron chi connectivity index (χ3n) is 4.06. The van der Waals surface area contributed by atoms with Gasteiger partial charge in [-0.1, -0.05) is 6.92 Å². The second kappa shape index (κ2) is 6.75. The van der Waals surface area contributed by atoms with E-state index in [1.807, 2.05) is 43.3 Å². The number of hydrogen-bond donors (Lipinski definition) is 2. The van der Waals surface area contributed by atoms with Crippen molar-refractivity contribution in [3.05, 3.63) is 29.8 Å². The molecule has 110 valence electrons. The monoisotopic (exact) mass is 275 g/mol. The summed E-state index contributed by atoms with van der Waals surface area (Å²) in [7, 11) is 3.98. The molecule has 4 nitrogen and oxygen atoms in total. The highest BCUT2D eigenvalue weighted by Gasteiger charge is 2.21. The van der Waals surface area contributed by atoms with Gasteiger partial charge in [-0.15, -0.1) is 0 Å². The molecule has 1 aliphatic rings.